The van der Waals surface area contributed by atoms with Gasteiger partial charge in [0.1, 0.15) is 0 Å². The molecule has 0 saturated heterocycles. The Morgan fingerprint density at radius 1 is 1.19 bits per heavy atom. The summed E-state index contributed by atoms with van der Waals surface area (Å²) < 4.78 is 7.81. The summed E-state index contributed by atoms with van der Waals surface area (Å²) in [5.41, 5.74) is 3.60. The van der Waals surface area contributed by atoms with Crippen molar-refractivity contribution in [3.63, 3.8) is 0 Å². The predicted octanol–water partition coefficient (Wildman–Crippen LogP) is 3.20. The highest BCUT2D eigenvalue weighted by molar-refractivity contribution is 9.10. The first-order valence-corrected chi connectivity index (χ1v) is 7.41. The number of benzene rings is 2. The first-order chi connectivity index (χ1) is 10.1. The minimum Gasteiger partial charge on any atom is -0.408 e. The number of halogens is 1. The van der Waals surface area contributed by atoms with Gasteiger partial charge in [-0.15, -0.1) is 0 Å². The molecule has 0 aliphatic rings. The maximum Gasteiger partial charge on any atom is 0.419 e. The minimum atomic E-state index is -0.342. The monoisotopic (exact) mass is 346 g/mol. The number of nitrogens with zero attached hydrogens (tertiary/aromatic N) is 1. The molecule has 1 unspecified atom stereocenters. The number of aryl methyl sites for hydroxylation is 1. The number of oxazole rings is 1. The number of hydrogen-bond acceptors (Lipinski definition) is 3. The van der Waals surface area contributed by atoms with Crippen LogP contribution in [-0.2, 0) is 7.05 Å². The van der Waals surface area contributed by atoms with E-state index in [4.69, 9.17) is 4.42 Å². The fourth-order valence-corrected chi connectivity index (χ4v) is 2.96. The molecular weight excluding hydrogens is 332 g/mol. The van der Waals surface area contributed by atoms with Gasteiger partial charge in [-0.1, -0.05) is 34.1 Å². The van der Waals surface area contributed by atoms with E-state index in [1.807, 2.05) is 37.4 Å². The zero-order chi connectivity index (χ0) is 15.0. The number of hydrogen-bond donors (Lipinski definition) is 1. The van der Waals surface area contributed by atoms with Gasteiger partial charge < -0.3 is 9.73 Å². The van der Waals surface area contributed by atoms with E-state index >= 15 is 0 Å². The molecule has 3 rings (SSSR count). The highest BCUT2D eigenvalue weighted by atomic mass is 79.9. The molecule has 2 aromatic carbocycles. The summed E-state index contributed by atoms with van der Waals surface area (Å²) in [7, 11) is 3.62. The van der Waals surface area contributed by atoms with Crippen molar-refractivity contribution in [2.45, 2.75) is 6.04 Å². The molecular formula is C16H15BrN2O2. The third-order valence-electron chi connectivity index (χ3n) is 3.62. The van der Waals surface area contributed by atoms with E-state index in [2.05, 4.69) is 33.4 Å². The summed E-state index contributed by atoms with van der Waals surface area (Å²) in [6.07, 6.45) is 0. The molecule has 0 bridgehead atoms. The summed E-state index contributed by atoms with van der Waals surface area (Å²) in [4.78, 5) is 11.6. The van der Waals surface area contributed by atoms with Crippen LogP contribution in [0.25, 0.3) is 11.1 Å². The van der Waals surface area contributed by atoms with Crippen molar-refractivity contribution in [3.05, 3.63) is 68.6 Å². The van der Waals surface area contributed by atoms with Gasteiger partial charge in [-0.05, 0) is 42.4 Å². The molecule has 108 valence electrons. The lowest BCUT2D eigenvalue weighted by molar-refractivity contribution is 0.527. The van der Waals surface area contributed by atoms with Crippen LogP contribution in [0.5, 0.6) is 0 Å². The molecule has 1 aromatic heterocycles. The van der Waals surface area contributed by atoms with E-state index in [-0.39, 0.29) is 11.8 Å². The number of aromatic nitrogens is 1. The summed E-state index contributed by atoms with van der Waals surface area (Å²) >= 11 is 3.49. The van der Waals surface area contributed by atoms with Gasteiger partial charge in [0.2, 0.25) is 0 Å². The zero-order valence-electron chi connectivity index (χ0n) is 11.8. The second-order valence-corrected chi connectivity index (χ2v) is 5.85. The molecule has 0 radical (unpaired) electrons. The molecule has 0 aliphatic carbocycles. The quantitative estimate of drug-likeness (QED) is 0.792. The fourth-order valence-electron chi connectivity index (χ4n) is 2.54. The van der Waals surface area contributed by atoms with Crippen molar-refractivity contribution in [3.8, 4) is 0 Å². The minimum absolute atomic E-state index is 0.0393. The Morgan fingerprint density at radius 2 is 1.95 bits per heavy atom. The van der Waals surface area contributed by atoms with Gasteiger partial charge in [0, 0.05) is 11.5 Å². The van der Waals surface area contributed by atoms with Gasteiger partial charge in [0.05, 0.1) is 11.6 Å². The van der Waals surface area contributed by atoms with Crippen molar-refractivity contribution < 1.29 is 4.42 Å². The lowest BCUT2D eigenvalue weighted by Gasteiger charge is -2.17. The molecule has 1 atom stereocenters. The molecule has 1 N–H and O–H groups in total. The van der Waals surface area contributed by atoms with Gasteiger partial charge in [0.25, 0.3) is 0 Å². The maximum atomic E-state index is 11.6. The van der Waals surface area contributed by atoms with Gasteiger partial charge >= 0.3 is 5.76 Å². The van der Waals surface area contributed by atoms with Gasteiger partial charge in [-0.3, -0.25) is 4.57 Å². The summed E-state index contributed by atoms with van der Waals surface area (Å²) in [6.45, 7) is 0. The smallest absolute Gasteiger partial charge is 0.408 e. The summed E-state index contributed by atoms with van der Waals surface area (Å²) in [5, 5.41) is 3.30. The Balaban J connectivity index is 2.11. The first-order valence-electron chi connectivity index (χ1n) is 6.62. The molecule has 0 fully saturated rings. The lowest BCUT2D eigenvalue weighted by Crippen LogP contribution is -2.17. The molecule has 0 saturated carbocycles. The van der Waals surface area contributed by atoms with Crippen molar-refractivity contribution in [1.29, 1.82) is 0 Å². The molecule has 1 heterocycles. The van der Waals surface area contributed by atoms with E-state index in [1.165, 1.54) is 4.57 Å². The largest absolute Gasteiger partial charge is 0.419 e. The van der Waals surface area contributed by atoms with Crippen LogP contribution in [0, 0.1) is 0 Å². The van der Waals surface area contributed by atoms with E-state index < -0.39 is 0 Å². The SMILES string of the molecule is CNC(c1cccc(Br)c1)c1ccc2c(c1)oc(=O)n2C. The average Bonchev–Trinajstić information content (AvgIpc) is 2.75. The van der Waals surface area contributed by atoms with Crippen molar-refractivity contribution >= 4 is 27.0 Å². The lowest BCUT2D eigenvalue weighted by atomic mass is 9.98. The maximum absolute atomic E-state index is 11.6. The van der Waals surface area contributed by atoms with Crippen LogP contribution < -0.4 is 11.1 Å². The zero-order valence-corrected chi connectivity index (χ0v) is 13.3. The highest BCUT2D eigenvalue weighted by Crippen LogP contribution is 2.26. The van der Waals surface area contributed by atoms with E-state index in [1.54, 1.807) is 7.05 Å². The fraction of sp³-hybridized carbons (Fsp3) is 0.188. The van der Waals surface area contributed by atoms with Crippen LogP contribution in [0.3, 0.4) is 0 Å². The molecule has 21 heavy (non-hydrogen) atoms. The third kappa shape index (κ3) is 2.54. The van der Waals surface area contributed by atoms with E-state index in [9.17, 15) is 4.79 Å². The Labute approximate surface area is 130 Å². The first kappa shape index (κ1) is 14.1. The Morgan fingerprint density at radius 3 is 2.67 bits per heavy atom. The summed E-state index contributed by atoms with van der Waals surface area (Å²) in [6, 6.07) is 14.0. The number of rotatable bonds is 3. The van der Waals surface area contributed by atoms with Gasteiger partial charge in [-0.2, -0.15) is 0 Å². The van der Waals surface area contributed by atoms with Crippen LogP contribution in [0.2, 0.25) is 0 Å². The Bertz CT molecular complexity index is 851. The van der Waals surface area contributed by atoms with Gasteiger partial charge in [0.15, 0.2) is 5.58 Å². The highest BCUT2D eigenvalue weighted by Gasteiger charge is 2.15. The van der Waals surface area contributed by atoms with Crippen molar-refractivity contribution in [2.75, 3.05) is 7.05 Å². The molecule has 0 spiro atoms. The molecule has 0 aliphatic heterocycles. The van der Waals surface area contributed by atoms with E-state index in [0.717, 1.165) is 21.1 Å². The molecule has 0 amide bonds. The molecule has 3 aromatic rings. The van der Waals surface area contributed by atoms with Crippen LogP contribution in [0.4, 0.5) is 0 Å². The van der Waals surface area contributed by atoms with Crippen molar-refractivity contribution in [2.24, 2.45) is 7.05 Å². The molecule has 4 nitrogen and oxygen atoms in total. The van der Waals surface area contributed by atoms with Crippen molar-refractivity contribution in [1.82, 2.24) is 9.88 Å². The average molecular weight is 347 g/mol. The van der Waals surface area contributed by atoms with Crippen LogP contribution >= 0.6 is 15.9 Å². The predicted molar refractivity (Wildman–Crippen MR) is 86.5 cm³/mol. The topological polar surface area (TPSA) is 47.2 Å². The molecule has 5 heteroatoms. The van der Waals surface area contributed by atoms with Crippen LogP contribution in [-0.4, -0.2) is 11.6 Å². The van der Waals surface area contributed by atoms with Gasteiger partial charge in [-0.25, -0.2) is 4.79 Å². The normalized spacial score (nSPS) is 12.7. The number of nitrogens with one attached hydrogen (secondary N) is 1. The summed E-state index contributed by atoms with van der Waals surface area (Å²) in [5.74, 6) is -0.342. The Hall–Kier alpha value is -1.85. The van der Waals surface area contributed by atoms with E-state index in [0.29, 0.717) is 5.58 Å². The standard InChI is InChI=1S/C16H15BrN2O2/c1-18-15(10-4-3-5-12(17)8-10)11-6-7-13-14(9-11)21-16(20)19(13)2/h3-9,15,18H,1-2H3. The second-order valence-electron chi connectivity index (χ2n) is 4.93. The third-order valence-corrected chi connectivity index (χ3v) is 4.11. The van der Waals surface area contributed by atoms with Crippen LogP contribution in [0.1, 0.15) is 17.2 Å². The van der Waals surface area contributed by atoms with Crippen LogP contribution in [0.15, 0.2) is 56.1 Å². The Kier molecular flexibility index (Phi) is 3.69. The number of fused-ring (bicyclic) bond motifs is 1. The second kappa shape index (κ2) is 5.50.